The summed E-state index contributed by atoms with van der Waals surface area (Å²) in [5.74, 6) is 0.0149. The smallest absolute Gasteiger partial charge is 0.226 e. The third-order valence-corrected chi connectivity index (χ3v) is 4.11. The SMILES string of the molecule is O=C(CCCCBr)Nc1nc2ccc(Cl)cc2s1. The number of amides is 1. The van der Waals surface area contributed by atoms with Crippen LogP contribution in [0.5, 0.6) is 0 Å². The van der Waals surface area contributed by atoms with Gasteiger partial charge in [0.1, 0.15) is 0 Å². The molecule has 0 radical (unpaired) electrons. The van der Waals surface area contributed by atoms with Gasteiger partial charge < -0.3 is 5.32 Å². The molecule has 0 aliphatic heterocycles. The Kier molecular flexibility index (Phi) is 4.97. The van der Waals surface area contributed by atoms with E-state index in [1.807, 2.05) is 12.1 Å². The van der Waals surface area contributed by atoms with Gasteiger partial charge in [0.25, 0.3) is 0 Å². The molecule has 2 rings (SSSR count). The van der Waals surface area contributed by atoms with Crippen molar-refractivity contribution < 1.29 is 4.79 Å². The van der Waals surface area contributed by atoms with Gasteiger partial charge in [0, 0.05) is 16.8 Å². The number of hydrogen-bond donors (Lipinski definition) is 1. The van der Waals surface area contributed by atoms with E-state index in [0.29, 0.717) is 16.6 Å². The fraction of sp³-hybridized carbons (Fsp3) is 0.333. The van der Waals surface area contributed by atoms with E-state index in [4.69, 9.17) is 11.6 Å². The summed E-state index contributed by atoms with van der Waals surface area (Å²) >= 11 is 10.7. The van der Waals surface area contributed by atoms with Crippen LogP contribution < -0.4 is 5.32 Å². The third-order valence-electron chi connectivity index (χ3n) is 2.38. The second-order valence-electron chi connectivity index (χ2n) is 3.83. The summed E-state index contributed by atoms with van der Waals surface area (Å²) in [4.78, 5) is 16.0. The Balaban J connectivity index is 2.01. The van der Waals surface area contributed by atoms with E-state index in [1.165, 1.54) is 11.3 Å². The summed E-state index contributed by atoms with van der Waals surface area (Å²) in [6, 6.07) is 5.51. The van der Waals surface area contributed by atoms with Crippen LogP contribution in [0.15, 0.2) is 18.2 Å². The zero-order chi connectivity index (χ0) is 13.0. The number of nitrogens with one attached hydrogen (secondary N) is 1. The van der Waals surface area contributed by atoms with Gasteiger partial charge in [0.15, 0.2) is 5.13 Å². The van der Waals surface area contributed by atoms with Crippen molar-refractivity contribution in [2.75, 3.05) is 10.6 Å². The number of fused-ring (bicyclic) bond motifs is 1. The summed E-state index contributed by atoms with van der Waals surface area (Å²) in [7, 11) is 0. The standard InChI is InChI=1S/C12H12BrClN2OS/c13-6-2-1-3-11(17)16-12-15-9-5-4-8(14)7-10(9)18-12/h4-5,7H,1-3,6H2,(H,15,16,17). The van der Waals surface area contributed by atoms with Gasteiger partial charge >= 0.3 is 0 Å². The van der Waals surface area contributed by atoms with Crippen molar-refractivity contribution in [2.45, 2.75) is 19.3 Å². The number of alkyl halides is 1. The van der Waals surface area contributed by atoms with E-state index in [1.54, 1.807) is 6.07 Å². The van der Waals surface area contributed by atoms with Gasteiger partial charge in [-0.2, -0.15) is 0 Å². The molecule has 1 aromatic carbocycles. The Labute approximate surface area is 123 Å². The van der Waals surface area contributed by atoms with Crippen LogP contribution in [0.3, 0.4) is 0 Å². The second-order valence-corrected chi connectivity index (χ2v) is 6.09. The zero-order valence-electron chi connectivity index (χ0n) is 9.58. The number of unbranched alkanes of at least 4 members (excludes halogenated alkanes) is 1. The summed E-state index contributed by atoms with van der Waals surface area (Å²) in [5, 5.41) is 5.07. The van der Waals surface area contributed by atoms with E-state index < -0.39 is 0 Å². The van der Waals surface area contributed by atoms with Crippen LogP contribution in [0.4, 0.5) is 5.13 Å². The molecule has 0 aliphatic carbocycles. The molecular formula is C12H12BrClN2OS. The van der Waals surface area contributed by atoms with Gasteiger partial charge in [-0.3, -0.25) is 4.79 Å². The van der Waals surface area contributed by atoms with Crippen LogP contribution in [0.1, 0.15) is 19.3 Å². The quantitative estimate of drug-likeness (QED) is 0.641. The molecule has 0 saturated carbocycles. The van der Waals surface area contributed by atoms with Crippen molar-refractivity contribution in [3.63, 3.8) is 0 Å². The average molecular weight is 348 g/mol. The van der Waals surface area contributed by atoms with Gasteiger partial charge in [0.2, 0.25) is 5.91 Å². The molecule has 1 N–H and O–H groups in total. The second kappa shape index (κ2) is 6.50. The van der Waals surface area contributed by atoms with Crippen LogP contribution in [0.2, 0.25) is 5.02 Å². The molecule has 1 heterocycles. The monoisotopic (exact) mass is 346 g/mol. The fourth-order valence-corrected chi connectivity index (χ4v) is 3.07. The number of nitrogens with zero attached hydrogens (tertiary/aromatic N) is 1. The number of aromatic nitrogens is 1. The van der Waals surface area contributed by atoms with Gasteiger partial charge in [-0.05, 0) is 31.0 Å². The first kappa shape index (κ1) is 13.8. The largest absolute Gasteiger partial charge is 0.302 e. The average Bonchev–Trinajstić information content (AvgIpc) is 2.70. The van der Waals surface area contributed by atoms with Crippen molar-refractivity contribution >= 4 is 60.1 Å². The molecule has 0 atom stereocenters. The number of thiazole rings is 1. The lowest BCUT2D eigenvalue weighted by molar-refractivity contribution is -0.116. The highest BCUT2D eigenvalue weighted by molar-refractivity contribution is 9.09. The molecule has 6 heteroatoms. The molecule has 0 bridgehead atoms. The highest BCUT2D eigenvalue weighted by Crippen LogP contribution is 2.28. The molecule has 18 heavy (non-hydrogen) atoms. The van der Waals surface area contributed by atoms with Crippen molar-refractivity contribution in [1.82, 2.24) is 4.98 Å². The molecule has 0 unspecified atom stereocenters. The lowest BCUT2D eigenvalue weighted by Crippen LogP contribution is -2.10. The first-order chi connectivity index (χ1) is 8.69. The van der Waals surface area contributed by atoms with Crippen LogP contribution >= 0.6 is 38.9 Å². The number of anilines is 1. The molecular weight excluding hydrogens is 336 g/mol. The van der Waals surface area contributed by atoms with Gasteiger partial charge in [0.05, 0.1) is 10.2 Å². The van der Waals surface area contributed by atoms with Gasteiger partial charge in [-0.25, -0.2) is 4.98 Å². The summed E-state index contributed by atoms with van der Waals surface area (Å²) in [5.41, 5.74) is 0.861. The molecule has 1 amide bonds. The van der Waals surface area contributed by atoms with Crippen molar-refractivity contribution in [2.24, 2.45) is 0 Å². The van der Waals surface area contributed by atoms with Crippen LogP contribution in [0, 0.1) is 0 Å². The van der Waals surface area contributed by atoms with Crippen molar-refractivity contribution in [3.05, 3.63) is 23.2 Å². The van der Waals surface area contributed by atoms with Crippen molar-refractivity contribution in [1.29, 1.82) is 0 Å². The van der Waals surface area contributed by atoms with Crippen LogP contribution in [-0.2, 0) is 4.79 Å². The highest BCUT2D eigenvalue weighted by atomic mass is 79.9. The Morgan fingerprint density at radius 1 is 1.44 bits per heavy atom. The summed E-state index contributed by atoms with van der Waals surface area (Å²) in [6.07, 6.45) is 2.42. The first-order valence-electron chi connectivity index (χ1n) is 5.61. The Morgan fingerprint density at radius 2 is 2.28 bits per heavy atom. The predicted molar refractivity (Wildman–Crippen MR) is 80.9 cm³/mol. The molecule has 0 aliphatic rings. The van der Waals surface area contributed by atoms with E-state index in [9.17, 15) is 4.79 Å². The molecule has 0 saturated heterocycles. The lowest BCUT2D eigenvalue weighted by Gasteiger charge is -1.99. The number of hydrogen-bond acceptors (Lipinski definition) is 3. The van der Waals surface area contributed by atoms with Crippen molar-refractivity contribution in [3.8, 4) is 0 Å². The first-order valence-corrected chi connectivity index (χ1v) is 7.92. The maximum absolute atomic E-state index is 11.6. The number of carbonyl (C=O) groups is 1. The topological polar surface area (TPSA) is 42.0 Å². The molecule has 1 aromatic heterocycles. The Bertz CT molecular complexity index is 558. The normalized spacial score (nSPS) is 10.8. The van der Waals surface area contributed by atoms with Gasteiger partial charge in [-0.1, -0.05) is 38.9 Å². The number of rotatable bonds is 5. The zero-order valence-corrected chi connectivity index (χ0v) is 12.7. The minimum atomic E-state index is 0.0149. The molecule has 3 nitrogen and oxygen atoms in total. The molecule has 0 fully saturated rings. The fourth-order valence-electron chi connectivity index (χ4n) is 1.51. The molecule has 0 spiro atoms. The molecule has 96 valence electrons. The van der Waals surface area contributed by atoms with Gasteiger partial charge in [-0.15, -0.1) is 0 Å². The minimum absolute atomic E-state index is 0.0149. The highest BCUT2D eigenvalue weighted by Gasteiger charge is 2.07. The lowest BCUT2D eigenvalue weighted by atomic mass is 10.2. The Morgan fingerprint density at radius 3 is 3.06 bits per heavy atom. The maximum Gasteiger partial charge on any atom is 0.226 e. The van der Waals surface area contributed by atoms with E-state index >= 15 is 0 Å². The maximum atomic E-state index is 11.6. The summed E-state index contributed by atoms with van der Waals surface area (Å²) in [6.45, 7) is 0. The molecule has 2 aromatic rings. The number of carbonyl (C=O) groups excluding carboxylic acids is 1. The van der Waals surface area contributed by atoms with E-state index in [0.717, 1.165) is 28.4 Å². The van der Waals surface area contributed by atoms with E-state index in [-0.39, 0.29) is 5.91 Å². The minimum Gasteiger partial charge on any atom is -0.302 e. The Hall–Kier alpha value is -0.650. The van der Waals surface area contributed by atoms with E-state index in [2.05, 4.69) is 26.2 Å². The third kappa shape index (κ3) is 3.67. The van der Waals surface area contributed by atoms with Crippen LogP contribution in [-0.4, -0.2) is 16.2 Å². The number of halogens is 2. The predicted octanol–water partition coefficient (Wildman–Crippen LogP) is 4.45. The summed E-state index contributed by atoms with van der Waals surface area (Å²) < 4.78 is 0.984. The number of benzene rings is 1. The van der Waals surface area contributed by atoms with Crippen LogP contribution in [0.25, 0.3) is 10.2 Å².